The first kappa shape index (κ1) is 23.5. The molecule has 0 aliphatic carbocycles. The molecule has 0 radical (unpaired) electrons. The highest BCUT2D eigenvalue weighted by Crippen LogP contribution is 2.20. The van der Waals surface area contributed by atoms with Crippen LogP contribution in [0, 0.1) is 13.8 Å². The molecule has 1 aromatic rings. The van der Waals surface area contributed by atoms with Gasteiger partial charge in [-0.25, -0.2) is 0 Å². The van der Waals surface area contributed by atoms with Gasteiger partial charge < -0.3 is 20.4 Å². The molecular weight excluding hydrogens is 387 g/mol. The number of rotatable bonds is 4. The summed E-state index contributed by atoms with van der Waals surface area (Å²) in [6.07, 6.45) is 1.94. The van der Waals surface area contributed by atoms with Crippen LogP contribution in [0.15, 0.2) is 18.2 Å². The van der Waals surface area contributed by atoms with Crippen molar-refractivity contribution in [2.75, 3.05) is 44.6 Å². The van der Waals surface area contributed by atoms with Gasteiger partial charge in [0.15, 0.2) is 0 Å². The van der Waals surface area contributed by atoms with Crippen LogP contribution in [0.2, 0.25) is 0 Å². The molecule has 3 rings (SSSR count). The summed E-state index contributed by atoms with van der Waals surface area (Å²) in [4.78, 5) is 28.6. The molecule has 8 heteroatoms. The molecule has 2 amide bonds. The lowest BCUT2D eigenvalue weighted by Gasteiger charge is -2.41. The number of amides is 2. The highest BCUT2D eigenvalue weighted by molar-refractivity contribution is 5.85. The van der Waals surface area contributed by atoms with E-state index in [-0.39, 0.29) is 42.7 Å². The molecule has 0 bridgehead atoms. The number of nitrogens with one attached hydrogen (secondary N) is 2. The fourth-order valence-corrected chi connectivity index (χ4v) is 3.81. The van der Waals surface area contributed by atoms with Gasteiger partial charge in [-0.2, -0.15) is 0 Å². The summed E-state index contributed by atoms with van der Waals surface area (Å²) in [5.74, 6) is 0.258. The predicted molar refractivity (Wildman–Crippen MR) is 113 cm³/mol. The van der Waals surface area contributed by atoms with Gasteiger partial charge in [-0.3, -0.25) is 9.59 Å². The summed E-state index contributed by atoms with van der Waals surface area (Å²) in [6.45, 7) is 7.82. The minimum absolute atomic E-state index is 0. The Labute approximate surface area is 173 Å². The summed E-state index contributed by atoms with van der Waals surface area (Å²) in [6, 6.07) is 6.28. The zero-order chi connectivity index (χ0) is 17.8. The Morgan fingerprint density at radius 1 is 1.22 bits per heavy atom. The van der Waals surface area contributed by atoms with Crippen LogP contribution in [-0.4, -0.2) is 66.9 Å². The van der Waals surface area contributed by atoms with Crippen molar-refractivity contribution in [3.05, 3.63) is 29.3 Å². The minimum atomic E-state index is 0. The second kappa shape index (κ2) is 10.7. The Kier molecular flexibility index (Phi) is 9.36. The van der Waals surface area contributed by atoms with E-state index in [0.29, 0.717) is 19.6 Å². The fraction of sp³-hybridized carbons (Fsp3) is 0.579. The van der Waals surface area contributed by atoms with Crippen molar-refractivity contribution in [1.82, 2.24) is 15.1 Å². The van der Waals surface area contributed by atoms with Crippen molar-refractivity contribution in [2.24, 2.45) is 0 Å². The molecule has 0 spiro atoms. The van der Waals surface area contributed by atoms with Crippen molar-refractivity contribution in [2.45, 2.75) is 32.7 Å². The first-order valence-corrected chi connectivity index (χ1v) is 9.14. The van der Waals surface area contributed by atoms with Crippen molar-refractivity contribution < 1.29 is 9.59 Å². The fourth-order valence-electron chi connectivity index (χ4n) is 3.81. The summed E-state index contributed by atoms with van der Waals surface area (Å²) in [5.41, 5.74) is 3.34. The number of piperazine rings is 1. The number of hydrogen-bond donors (Lipinski definition) is 2. The van der Waals surface area contributed by atoms with Crippen molar-refractivity contribution in [3.63, 3.8) is 0 Å². The number of carbonyl (C=O) groups excluding carboxylic acids is 2. The minimum Gasteiger partial charge on any atom is -0.376 e. The van der Waals surface area contributed by atoms with E-state index in [4.69, 9.17) is 0 Å². The molecule has 0 aromatic heterocycles. The average molecular weight is 417 g/mol. The van der Waals surface area contributed by atoms with Gasteiger partial charge in [-0.1, -0.05) is 18.2 Å². The summed E-state index contributed by atoms with van der Waals surface area (Å²) in [7, 11) is 0. The summed E-state index contributed by atoms with van der Waals surface area (Å²) >= 11 is 0. The Morgan fingerprint density at radius 3 is 2.59 bits per heavy atom. The van der Waals surface area contributed by atoms with Gasteiger partial charge >= 0.3 is 0 Å². The zero-order valence-electron chi connectivity index (χ0n) is 16.0. The lowest BCUT2D eigenvalue weighted by atomic mass is 10.0. The number of aryl methyl sites for hydroxylation is 2. The number of anilines is 1. The van der Waals surface area contributed by atoms with Crippen molar-refractivity contribution in [1.29, 1.82) is 0 Å². The molecule has 27 heavy (non-hydrogen) atoms. The highest BCUT2D eigenvalue weighted by atomic mass is 35.5. The van der Waals surface area contributed by atoms with Gasteiger partial charge in [0.2, 0.25) is 11.8 Å². The second-order valence-corrected chi connectivity index (χ2v) is 7.02. The lowest BCUT2D eigenvalue weighted by Crippen LogP contribution is -2.57. The maximum atomic E-state index is 12.7. The maximum Gasteiger partial charge on any atom is 0.241 e. The molecule has 6 nitrogen and oxygen atoms in total. The van der Waals surface area contributed by atoms with E-state index >= 15 is 0 Å². The largest absolute Gasteiger partial charge is 0.376 e. The number of carbonyl (C=O) groups is 2. The molecule has 0 saturated carbocycles. The molecule has 1 aromatic carbocycles. The Hall–Kier alpha value is -1.50. The Morgan fingerprint density at radius 2 is 1.93 bits per heavy atom. The van der Waals surface area contributed by atoms with Gasteiger partial charge in [0.05, 0.1) is 13.1 Å². The van der Waals surface area contributed by atoms with Crippen LogP contribution in [0.5, 0.6) is 0 Å². The van der Waals surface area contributed by atoms with Gasteiger partial charge in [0.1, 0.15) is 0 Å². The average Bonchev–Trinajstić information content (AvgIpc) is 2.61. The topological polar surface area (TPSA) is 64.7 Å². The SMILES string of the molecule is Cc1cccc(C)c1NCC(=O)N1CCCC(N2CCNCC2=O)C1.Cl.Cl. The number of nitrogens with zero attached hydrogens (tertiary/aromatic N) is 2. The van der Waals surface area contributed by atoms with E-state index in [1.165, 1.54) is 0 Å². The van der Waals surface area contributed by atoms with Crippen LogP contribution in [0.4, 0.5) is 5.69 Å². The Bertz CT molecular complexity index is 636. The van der Waals surface area contributed by atoms with Crippen molar-refractivity contribution >= 4 is 42.3 Å². The molecule has 2 aliphatic heterocycles. The molecule has 2 saturated heterocycles. The molecule has 2 fully saturated rings. The van der Waals surface area contributed by atoms with Crippen LogP contribution in [0.3, 0.4) is 0 Å². The Balaban J connectivity index is 0.00000182. The number of para-hydroxylation sites is 1. The van der Waals surface area contributed by atoms with Gasteiger partial charge in [0, 0.05) is 37.9 Å². The number of benzene rings is 1. The monoisotopic (exact) mass is 416 g/mol. The molecule has 2 N–H and O–H groups in total. The normalized spacial score (nSPS) is 19.8. The van der Waals surface area contributed by atoms with Crippen LogP contribution in [0.1, 0.15) is 24.0 Å². The molecular formula is C19H30Cl2N4O2. The molecule has 2 aliphatic rings. The number of hydrogen-bond acceptors (Lipinski definition) is 4. The molecule has 1 atom stereocenters. The van der Waals surface area contributed by atoms with E-state index in [0.717, 1.165) is 49.3 Å². The number of likely N-dealkylation sites (tertiary alicyclic amines) is 1. The lowest BCUT2D eigenvalue weighted by molar-refractivity contribution is -0.139. The first-order valence-electron chi connectivity index (χ1n) is 9.14. The van der Waals surface area contributed by atoms with Crippen LogP contribution < -0.4 is 10.6 Å². The zero-order valence-corrected chi connectivity index (χ0v) is 17.6. The van der Waals surface area contributed by atoms with Gasteiger partial charge in [-0.05, 0) is 37.8 Å². The second-order valence-electron chi connectivity index (χ2n) is 7.02. The van der Waals surface area contributed by atoms with Crippen LogP contribution in [-0.2, 0) is 9.59 Å². The van der Waals surface area contributed by atoms with E-state index < -0.39 is 0 Å². The third-order valence-electron chi connectivity index (χ3n) is 5.21. The third-order valence-corrected chi connectivity index (χ3v) is 5.21. The van der Waals surface area contributed by atoms with Crippen LogP contribution in [0.25, 0.3) is 0 Å². The summed E-state index contributed by atoms with van der Waals surface area (Å²) < 4.78 is 0. The van der Waals surface area contributed by atoms with E-state index in [1.54, 1.807) is 0 Å². The predicted octanol–water partition coefficient (Wildman–Crippen LogP) is 1.98. The smallest absolute Gasteiger partial charge is 0.241 e. The molecule has 1 unspecified atom stereocenters. The van der Waals surface area contributed by atoms with Crippen molar-refractivity contribution in [3.8, 4) is 0 Å². The van der Waals surface area contributed by atoms with Gasteiger partial charge in [0.25, 0.3) is 0 Å². The molecule has 2 heterocycles. The number of piperidine rings is 1. The number of halogens is 2. The quantitative estimate of drug-likeness (QED) is 0.787. The van der Waals surface area contributed by atoms with E-state index in [2.05, 4.69) is 10.6 Å². The van der Waals surface area contributed by atoms with E-state index in [1.807, 2.05) is 41.8 Å². The van der Waals surface area contributed by atoms with Crippen LogP contribution >= 0.6 is 24.8 Å². The molecule has 152 valence electrons. The summed E-state index contributed by atoms with van der Waals surface area (Å²) in [5, 5.41) is 6.40. The highest BCUT2D eigenvalue weighted by Gasteiger charge is 2.31. The first-order chi connectivity index (χ1) is 12.1. The maximum absolute atomic E-state index is 12.7. The van der Waals surface area contributed by atoms with Gasteiger partial charge in [-0.15, -0.1) is 24.8 Å². The third kappa shape index (κ3) is 5.74. The standard InChI is InChI=1S/C19H28N4O2.2ClH/c1-14-5-3-6-15(2)19(14)21-12-17(24)22-9-4-7-16(13-22)23-10-8-20-11-18(23)25;;/h3,5-6,16,20-21H,4,7-13H2,1-2H3;2*1H. The van der Waals surface area contributed by atoms with E-state index in [9.17, 15) is 9.59 Å².